The Bertz CT molecular complexity index is 2710. The molecule has 0 fully saturated rings. The highest BCUT2D eigenvalue weighted by Gasteiger charge is 2.21. The van der Waals surface area contributed by atoms with Crippen molar-refractivity contribution < 1.29 is 98.1 Å². The molecule has 0 radical (unpaired) electrons. The van der Waals surface area contributed by atoms with E-state index in [0.717, 1.165) is 108 Å². The van der Waals surface area contributed by atoms with E-state index >= 15 is 0 Å². The second-order valence-corrected chi connectivity index (χ2v) is 16.0. The SMILES string of the molecule is CCCCCCCc1ccc(C(=O)O)c(F)c1F.CCCCCc1ccc(C(=O)O)c(F)c1F.CCCCc1ccc(C(=O)O)c(F)c1F.COc1ccc(C(=O)O)c(F)c1F.Cc1ccc(C(=O)O)c(F)c1F. The van der Waals surface area contributed by atoms with Gasteiger partial charge in [0.2, 0.25) is 5.82 Å². The van der Waals surface area contributed by atoms with E-state index in [9.17, 15) is 67.9 Å². The van der Waals surface area contributed by atoms with Gasteiger partial charge < -0.3 is 30.3 Å². The predicted molar refractivity (Wildman–Crippen MR) is 252 cm³/mol. The second kappa shape index (κ2) is 32.6. The lowest BCUT2D eigenvalue weighted by Crippen LogP contribution is -2.05. The molecule has 404 valence electrons. The third kappa shape index (κ3) is 19.5. The number of rotatable bonds is 19. The van der Waals surface area contributed by atoms with Crippen molar-refractivity contribution in [1.82, 2.24) is 0 Å². The molecule has 0 amide bonds. The first-order valence-electron chi connectivity index (χ1n) is 22.9. The molecule has 0 spiro atoms. The van der Waals surface area contributed by atoms with Gasteiger partial charge in [-0.3, -0.25) is 0 Å². The zero-order chi connectivity index (χ0) is 56.4. The van der Waals surface area contributed by atoms with Crippen molar-refractivity contribution in [1.29, 1.82) is 0 Å². The lowest BCUT2D eigenvalue weighted by atomic mass is 10.0. The van der Waals surface area contributed by atoms with Crippen molar-refractivity contribution in [2.75, 3.05) is 7.11 Å². The Labute approximate surface area is 420 Å². The number of aromatic carboxylic acids is 5. The van der Waals surface area contributed by atoms with E-state index in [-0.39, 0.29) is 28.0 Å². The molecule has 5 aromatic carbocycles. The molecule has 21 heteroatoms. The summed E-state index contributed by atoms with van der Waals surface area (Å²) in [6.45, 7) is 7.44. The van der Waals surface area contributed by atoms with Crippen LogP contribution in [0.5, 0.6) is 5.75 Å². The molecule has 0 aromatic heterocycles. The van der Waals surface area contributed by atoms with Gasteiger partial charge >= 0.3 is 29.8 Å². The Morgan fingerprint density at radius 1 is 0.351 bits per heavy atom. The number of ether oxygens (including phenoxy) is 1. The van der Waals surface area contributed by atoms with Crippen LogP contribution in [0.2, 0.25) is 0 Å². The molecule has 0 bridgehead atoms. The molecule has 0 aliphatic heterocycles. The maximum absolute atomic E-state index is 13.6. The molecule has 5 N–H and O–H groups in total. The fourth-order valence-electron chi connectivity index (χ4n) is 6.36. The van der Waals surface area contributed by atoms with E-state index in [1.165, 1.54) is 31.2 Å². The molecule has 0 unspecified atom stereocenters. The van der Waals surface area contributed by atoms with Crippen LogP contribution in [0.15, 0.2) is 60.7 Å². The van der Waals surface area contributed by atoms with Crippen molar-refractivity contribution in [3.8, 4) is 5.75 Å². The molecule has 74 heavy (non-hydrogen) atoms. The minimum Gasteiger partial charge on any atom is -0.494 e. The molecule has 0 aliphatic carbocycles. The summed E-state index contributed by atoms with van der Waals surface area (Å²) in [5, 5.41) is 42.6. The number of hydrogen-bond donors (Lipinski definition) is 5. The van der Waals surface area contributed by atoms with E-state index in [1.54, 1.807) is 0 Å². The normalized spacial score (nSPS) is 10.3. The van der Waals surface area contributed by atoms with E-state index in [0.29, 0.717) is 19.3 Å². The van der Waals surface area contributed by atoms with Crippen molar-refractivity contribution >= 4 is 29.8 Å². The van der Waals surface area contributed by atoms with Crippen LogP contribution in [0.25, 0.3) is 0 Å². The summed E-state index contributed by atoms with van der Waals surface area (Å²) in [5.74, 6) is -19.6. The average Bonchev–Trinajstić information content (AvgIpc) is 3.35. The number of carboxylic acids is 5. The average molecular weight is 1060 g/mol. The van der Waals surface area contributed by atoms with Crippen LogP contribution >= 0.6 is 0 Å². The monoisotopic (exact) mass is 1060 g/mol. The fraction of sp³-hybridized carbons (Fsp3) is 0.340. The maximum atomic E-state index is 13.6. The standard InChI is InChI=1S/C14H18F2O2.C12H14F2O2.C11H12F2O2.C8H6F2O3.C8H6F2O2/c1-2-3-4-5-6-7-10-8-9-11(14(17)18)13(16)12(10)15;1-2-3-4-5-8-6-7-9(12(15)16)11(14)10(8)13;1-2-3-4-7-5-6-8(11(14)15)10(13)9(7)12;1-13-5-3-2-4(8(11)12)6(9)7(5)10;1-4-2-3-5(8(11)12)7(10)6(4)9/h8-9H,2-7H2,1H3,(H,17,18);6-7H,2-5H2,1H3,(H,15,16);5-6H,2-4H2,1H3,(H,14,15);2-3H,1H3,(H,11,12);2-3H,1H3,(H,11,12). The van der Waals surface area contributed by atoms with Gasteiger partial charge in [-0.15, -0.1) is 0 Å². The molecular formula is C53H56F10O11. The Morgan fingerprint density at radius 2 is 0.622 bits per heavy atom. The lowest BCUT2D eigenvalue weighted by molar-refractivity contribution is 0.0679. The van der Waals surface area contributed by atoms with Crippen LogP contribution in [0, 0.1) is 65.1 Å². The van der Waals surface area contributed by atoms with Crippen LogP contribution in [0.4, 0.5) is 43.9 Å². The van der Waals surface area contributed by atoms with E-state index < -0.39 is 116 Å². The number of methoxy groups -OCH3 is 1. The van der Waals surface area contributed by atoms with Crippen molar-refractivity contribution in [3.63, 3.8) is 0 Å². The van der Waals surface area contributed by atoms with Gasteiger partial charge in [-0.25, -0.2) is 63.5 Å². The number of carbonyl (C=O) groups is 5. The second-order valence-electron chi connectivity index (χ2n) is 16.0. The summed E-state index contributed by atoms with van der Waals surface area (Å²) in [7, 11) is 1.16. The smallest absolute Gasteiger partial charge is 0.338 e. The van der Waals surface area contributed by atoms with Crippen molar-refractivity contribution in [2.24, 2.45) is 0 Å². The quantitative estimate of drug-likeness (QED) is 0.0390. The van der Waals surface area contributed by atoms with Gasteiger partial charge in [-0.05, 0) is 104 Å². The Morgan fingerprint density at radius 3 is 0.959 bits per heavy atom. The van der Waals surface area contributed by atoms with Crippen LogP contribution in [0.1, 0.15) is 159 Å². The van der Waals surface area contributed by atoms with Gasteiger partial charge in [0.25, 0.3) is 0 Å². The highest BCUT2D eigenvalue weighted by atomic mass is 19.2. The van der Waals surface area contributed by atoms with Crippen molar-refractivity contribution in [2.45, 2.75) is 111 Å². The predicted octanol–water partition coefficient (Wildman–Crippen LogP) is 14.2. The van der Waals surface area contributed by atoms with Crippen LogP contribution in [-0.4, -0.2) is 62.5 Å². The number of unbranched alkanes of at least 4 members (excludes halogenated alkanes) is 7. The number of hydrogen-bond acceptors (Lipinski definition) is 6. The van der Waals surface area contributed by atoms with Crippen molar-refractivity contribution in [3.05, 3.63) is 169 Å². The Balaban J connectivity index is 0.000000466. The number of benzene rings is 5. The molecular weight excluding hydrogens is 1000 g/mol. The molecule has 0 saturated carbocycles. The van der Waals surface area contributed by atoms with Crippen LogP contribution < -0.4 is 4.74 Å². The minimum atomic E-state index is -1.51. The summed E-state index contributed by atoms with van der Waals surface area (Å²) in [4.78, 5) is 52.2. The molecule has 5 aromatic rings. The topological polar surface area (TPSA) is 196 Å². The lowest BCUT2D eigenvalue weighted by Gasteiger charge is -2.06. The summed E-state index contributed by atoms with van der Waals surface area (Å²) >= 11 is 0. The van der Waals surface area contributed by atoms with Gasteiger partial charge in [-0.1, -0.05) is 90.0 Å². The largest absolute Gasteiger partial charge is 0.494 e. The third-order valence-electron chi connectivity index (χ3n) is 10.6. The fourth-order valence-corrected chi connectivity index (χ4v) is 6.36. The van der Waals surface area contributed by atoms with Crippen LogP contribution in [-0.2, 0) is 19.3 Å². The van der Waals surface area contributed by atoms with E-state index in [4.69, 9.17) is 25.5 Å². The summed E-state index contributed by atoms with van der Waals surface area (Å²) < 4.78 is 136. The summed E-state index contributed by atoms with van der Waals surface area (Å²) in [5.41, 5.74) is -2.36. The van der Waals surface area contributed by atoms with Crippen LogP contribution in [0.3, 0.4) is 0 Å². The molecule has 5 rings (SSSR count). The third-order valence-corrected chi connectivity index (χ3v) is 10.6. The van der Waals surface area contributed by atoms with Gasteiger partial charge in [0, 0.05) is 0 Å². The number of aryl methyl sites for hydroxylation is 4. The Kier molecular flexibility index (Phi) is 28.4. The minimum absolute atomic E-state index is 0.0949. The Hall–Kier alpha value is -7.45. The summed E-state index contributed by atoms with van der Waals surface area (Å²) in [6, 6.07) is 11.6. The number of carboxylic acid groups (broad SMARTS) is 5. The molecule has 0 heterocycles. The van der Waals surface area contributed by atoms with E-state index in [1.807, 2.05) is 13.8 Å². The first-order chi connectivity index (χ1) is 34.8. The highest BCUT2D eigenvalue weighted by Crippen LogP contribution is 2.24. The zero-order valence-corrected chi connectivity index (χ0v) is 40.9. The molecule has 0 saturated heterocycles. The van der Waals surface area contributed by atoms with Gasteiger partial charge in [0.05, 0.1) is 34.9 Å². The van der Waals surface area contributed by atoms with Gasteiger partial charge in [-0.2, -0.15) is 4.39 Å². The zero-order valence-electron chi connectivity index (χ0n) is 40.9. The van der Waals surface area contributed by atoms with Gasteiger partial charge in [0.15, 0.2) is 58.1 Å². The van der Waals surface area contributed by atoms with E-state index in [2.05, 4.69) is 11.7 Å². The number of halogens is 10. The summed E-state index contributed by atoms with van der Waals surface area (Å²) in [6.07, 6.45) is 10.8. The molecule has 0 atom stereocenters. The molecule has 11 nitrogen and oxygen atoms in total. The highest BCUT2D eigenvalue weighted by molar-refractivity contribution is 5.90. The molecule has 0 aliphatic rings. The first-order valence-corrected chi connectivity index (χ1v) is 22.9. The van der Waals surface area contributed by atoms with Gasteiger partial charge in [0.1, 0.15) is 0 Å². The maximum Gasteiger partial charge on any atom is 0.338 e. The first kappa shape index (κ1) is 64.6.